The molecule has 5 heteroatoms. The summed E-state index contributed by atoms with van der Waals surface area (Å²) in [4.78, 5) is 17.8. The number of aryl methyl sites for hydroxylation is 1. The third-order valence-electron chi connectivity index (χ3n) is 2.31. The summed E-state index contributed by atoms with van der Waals surface area (Å²) in [6, 6.07) is 1.59. The second-order valence-electron chi connectivity index (χ2n) is 4.19. The van der Waals surface area contributed by atoms with E-state index < -0.39 is 0 Å². The van der Waals surface area contributed by atoms with E-state index in [9.17, 15) is 4.79 Å². The number of nitrogen functional groups attached to an aromatic ring is 1. The maximum atomic E-state index is 11.7. The number of ether oxygens (including phenoxy) is 1. The summed E-state index contributed by atoms with van der Waals surface area (Å²) in [7, 11) is 3.96. The average Bonchev–Trinajstić information content (AvgIpc) is 2.27. The molecule has 0 aliphatic rings. The number of nitrogens with zero attached hydrogens (tertiary/aromatic N) is 2. The predicted octanol–water partition coefficient (Wildman–Crippen LogP) is 1.08. The maximum absolute atomic E-state index is 11.7. The van der Waals surface area contributed by atoms with Crippen molar-refractivity contribution in [1.82, 2.24) is 9.88 Å². The molecule has 0 bridgehead atoms. The smallest absolute Gasteiger partial charge is 0.340 e. The Hall–Kier alpha value is -1.62. The number of carbonyl (C=O) groups is 1. The summed E-state index contributed by atoms with van der Waals surface area (Å²) in [5, 5.41) is 0. The van der Waals surface area contributed by atoms with Gasteiger partial charge in [0, 0.05) is 6.54 Å². The van der Waals surface area contributed by atoms with Crippen LogP contribution in [0.3, 0.4) is 0 Å². The Morgan fingerprint density at radius 1 is 1.53 bits per heavy atom. The highest BCUT2D eigenvalue weighted by molar-refractivity contribution is 5.91. The number of hydrogen-bond acceptors (Lipinski definition) is 5. The first-order valence-corrected chi connectivity index (χ1v) is 5.54. The third-order valence-corrected chi connectivity index (χ3v) is 2.31. The van der Waals surface area contributed by atoms with Crippen LogP contribution in [0.2, 0.25) is 0 Å². The monoisotopic (exact) mass is 237 g/mol. The average molecular weight is 237 g/mol. The standard InChI is InChI=1S/C12H19N3O2/c1-9-11(7-10(13)8-14-9)12(16)17-6-4-5-15(2)3/h7-8H,4-6,13H2,1-3H3. The van der Waals surface area contributed by atoms with Crippen molar-refractivity contribution in [2.24, 2.45) is 0 Å². The largest absolute Gasteiger partial charge is 0.462 e. The summed E-state index contributed by atoms with van der Waals surface area (Å²) in [5.74, 6) is -0.360. The Kier molecular flexibility index (Phi) is 4.90. The van der Waals surface area contributed by atoms with E-state index >= 15 is 0 Å². The fraction of sp³-hybridized carbons (Fsp3) is 0.500. The first kappa shape index (κ1) is 13.4. The lowest BCUT2D eigenvalue weighted by molar-refractivity contribution is 0.0492. The van der Waals surface area contributed by atoms with Crippen LogP contribution in [0.1, 0.15) is 22.5 Å². The Labute approximate surface area is 102 Å². The van der Waals surface area contributed by atoms with E-state index in [0.717, 1.165) is 13.0 Å². The zero-order valence-corrected chi connectivity index (χ0v) is 10.6. The summed E-state index contributed by atoms with van der Waals surface area (Å²) >= 11 is 0. The molecule has 0 spiro atoms. The van der Waals surface area contributed by atoms with Crippen LogP contribution in [0.25, 0.3) is 0 Å². The van der Waals surface area contributed by atoms with Gasteiger partial charge in [0.15, 0.2) is 0 Å². The molecule has 5 nitrogen and oxygen atoms in total. The fourth-order valence-electron chi connectivity index (χ4n) is 1.38. The summed E-state index contributed by atoms with van der Waals surface area (Å²) in [6.45, 7) is 3.06. The van der Waals surface area contributed by atoms with E-state index in [4.69, 9.17) is 10.5 Å². The lowest BCUT2D eigenvalue weighted by Crippen LogP contribution is -2.16. The lowest BCUT2D eigenvalue weighted by Gasteiger charge is -2.10. The molecule has 0 aliphatic heterocycles. The zero-order valence-electron chi connectivity index (χ0n) is 10.6. The Balaban J connectivity index is 2.49. The molecule has 1 heterocycles. The van der Waals surface area contributed by atoms with Crippen molar-refractivity contribution in [3.63, 3.8) is 0 Å². The van der Waals surface area contributed by atoms with Crippen LogP contribution in [0, 0.1) is 6.92 Å². The minimum absolute atomic E-state index is 0.360. The first-order chi connectivity index (χ1) is 8.00. The Morgan fingerprint density at radius 3 is 2.88 bits per heavy atom. The van der Waals surface area contributed by atoms with Crippen molar-refractivity contribution < 1.29 is 9.53 Å². The quantitative estimate of drug-likeness (QED) is 0.613. The van der Waals surface area contributed by atoms with Crippen molar-refractivity contribution in [1.29, 1.82) is 0 Å². The van der Waals surface area contributed by atoms with Gasteiger partial charge in [0.2, 0.25) is 0 Å². The highest BCUT2D eigenvalue weighted by Crippen LogP contribution is 2.10. The molecule has 1 rings (SSSR count). The Morgan fingerprint density at radius 2 is 2.24 bits per heavy atom. The van der Waals surface area contributed by atoms with Crippen molar-refractivity contribution in [3.8, 4) is 0 Å². The fourth-order valence-corrected chi connectivity index (χ4v) is 1.38. The molecule has 1 aromatic rings. The molecule has 94 valence electrons. The summed E-state index contributed by atoms with van der Waals surface area (Å²) < 4.78 is 5.15. The highest BCUT2D eigenvalue weighted by Gasteiger charge is 2.11. The molecule has 0 radical (unpaired) electrons. The maximum Gasteiger partial charge on any atom is 0.340 e. The van der Waals surface area contributed by atoms with Gasteiger partial charge in [-0.15, -0.1) is 0 Å². The molecule has 2 N–H and O–H groups in total. The van der Waals surface area contributed by atoms with Gasteiger partial charge in [-0.05, 0) is 33.5 Å². The van der Waals surface area contributed by atoms with E-state index in [1.165, 1.54) is 6.20 Å². The van der Waals surface area contributed by atoms with Gasteiger partial charge in [-0.25, -0.2) is 4.79 Å². The van der Waals surface area contributed by atoms with E-state index in [-0.39, 0.29) is 5.97 Å². The van der Waals surface area contributed by atoms with Gasteiger partial charge in [-0.2, -0.15) is 0 Å². The Bertz CT molecular complexity index is 391. The minimum Gasteiger partial charge on any atom is -0.462 e. The molecule has 0 aliphatic carbocycles. The van der Waals surface area contributed by atoms with Crippen LogP contribution in [-0.2, 0) is 4.74 Å². The van der Waals surface area contributed by atoms with Crippen LogP contribution in [0.4, 0.5) is 5.69 Å². The van der Waals surface area contributed by atoms with E-state index in [1.807, 2.05) is 19.0 Å². The van der Waals surface area contributed by atoms with E-state index in [1.54, 1.807) is 13.0 Å². The summed E-state index contributed by atoms with van der Waals surface area (Å²) in [6.07, 6.45) is 2.34. The van der Waals surface area contributed by atoms with Crippen LogP contribution >= 0.6 is 0 Å². The molecule has 0 unspecified atom stereocenters. The molecule has 17 heavy (non-hydrogen) atoms. The normalized spacial score (nSPS) is 10.6. The molecule has 0 amide bonds. The van der Waals surface area contributed by atoms with Gasteiger partial charge in [0.25, 0.3) is 0 Å². The minimum atomic E-state index is -0.360. The number of anilines is 1. The third kappa shape index (κ3) is 4.40. The number of rotatable bonds is 5. The molecule has 0 saturated carbocycles. The number of esters is 1. The van der Waals surface area contributed by atoms with Gasteiger partial charge < -0.3 is 15.4 Å². The number of aromatic nitrogens is 1. The number of pyridine rings is 1. The van der Waals surface area contributed by atoms with Crippen molar-refractivity contribution >= 4 is 11.7 Å². The van der Waals surface area contributed by atoms with E-state index in [0.29, 0.717) is 23.6 Å². The number of carbonyl (C=O) groups excluding carboxylic acids is 1. The molecular weight excluding hydrogens is 218 g/mol. The van der Waals surface area contributed by atoms with Crippen LogP contribution in [-0.4, -0.2) is 43.1 Å². The van der Waals surface area contributed by atoms with Gasteiger partial charge in [0.1, 0.15) is 0 Å². The molecule has 1 aromatic heterocycles. The topological polar surface area (TPSA) is 68.4 Å². The molecular formula is C12H19N3O2. The number of nitrogens with two attached hydrogens (primary N) is 1. The van der Waals surface area contributed by atoms with Gasteiger partial charge in [0.05, 0.1) is 29.7 Å². The molecule has 0 fully saturated rings. The van der Waals surface area contributed by atoms with Crippen LogP contribution < -0.4 is 5.73 Å². The van der Waals surface area contributed by atoms with Gasteiger partial charge in [-0.3, -0.25) is 4.98 Å². The molecule has 0 atom stereocenters. The summed E-state index contributed by atoms with van der Waals surface area (Å²) in [5.41, 5.74) is 7.13. The second-order valence-corrected chi connectivity index (χ2v) is 4.19. The van der Waals surface area contributed by atoms with E-state index in [2.05, 4.69) is 4.98 Å². The SMILES string of the molecule is Cc1ncc(N)cc1C(=O)OCCCN(C)C. The first-order valence-electron chi connectivity index (χ1n) is 5.54. The lowest BCUT2D eigenvalue weighted by atomic mass is 10.2. The predicted molar refractivity (Wildman–Crippen MR) is 66.8 cm³/mol. The highest BCUT2D eigenvalue weighted by atomic mass is 16.5. The molecule has 0 aromatic carbocycles. The van der Waals surface area contributed by atoms with Crippen LogP contribution in [0.5, 0.6) is 0 Å². The van der Waals surface area contributed by atoms with Gasteiger partial charge >= 0.3 is 5.97 Å². The number of hydrogen-bond donors (Lipinski definition) is 1. The second kappa shape index (κ2) is 6.20. The zero-order chi connectivity index (χ0) is 12.8. The van der Waals surface area contributed by atoms with Crippen LogP contribution in [0.15, 0.2) is 12.3 Å². The van der Waals surface area contributed by atoms with Crippen molar-refractivity contribution in [2.45, 2.75) is 13.3 Å². The van der Waals surface area contributed by atoms with Gasteiger partial charge in [-0.1, -0.05) is 0 Å². The van der Waals surface area contributed by atoms with Crippen molar-refractivity contribution in [2.75, 3.05) is 33.0 Å². The molecule has 0 saturated heterocycles. The van der Waals surface area contributed by atoms with Crippen molar-refractivity contribution in [3.05, 3.63) is 23.5 Å².